The van der Waals surface area contributed by atoms with E-state index >= 15 is 0 Å². The first-order valence-electron chi connectivity index (χ1n) is 13.1. The quantitative estimate of drug-likeness (QED) is 0.544. The first-order chi connectivity index (χ1) is 16.3. The molecule has 0 spiro atoms. The maximum Gasteiger partial charge on any atom is 0.257 e. The summed E-state index contributed by atoms with van der Waals surface area (Å²) in [7, 11) is -3.72. The van der Waals surface area contributed by atoms with Crippen LogP contribution in [0.3, 0.4) is 0 Å². The van der Waals surface area contributed by atoms with Gasteiger partial charge >= 0.3 is 0 Å². The first kappa shape index (κ1) is 25.2. The predicted molar refractivity (Wildman–Crippen MR) is 135 cm³/mol. The van der Waals surface area contributed by atoms with Gasteiger partial charge in [-0.1, -0.05) is 76.3 Å². The molecule has 2 aliphatic carbocycles. The normalized spacial score (nSPS) is 25.0. The Hall–Kier alpha value is -1.93. The van der Waals surface area contributed by atoms with Crippen LogP contribution in [-0.4, -0.2) is 37.3 Å². The fourth-order valence-corrected chi connectivity index (χ4v) is 6.69. The van der Waals surface area contributed by atoms with E-state index in [1.54, 1.807) is 17.0 Å². The van der Waals surface area contributed by atoms with Crippen molar-refractivity contribution in [1.82, 2.24) is 4.90 Å². The Labute approximate surface area is 204 Å². The molecule has 0 aromatic heterocycles. The third kappa shape index (κ3) is 6.00. The van der Waals surface area contributed by atoms with E-state index in [1.165, 1.54) is 76.3 Å². The summed E-state index contributed by atoms with van der Waals surface area (Å²) < 4.78 is 23.0. The van der Waals surface area contributed by atoms with Gasteiger partial charge in [0.2, 0.25) is 10.0 Å². The predicted octanol–water partition coefficient (Wildman–Crippen LogP) is 4.10. The van der Waals surface area contributed by atoms with Crippen LogP contribution in [0.15, 0.2) is 34.2 Å². The molecule has 4 N–H and O–H groups in total. The summed E-state index contributed by atoms with van der Waals surface area (Å²) in [5.74, 6) is 1.65. The number of aliphatic imine (C=N–C) groups is 1. The number of hydrogen-bond acceptors (Lipinski definition) is 5. The molecule has 1 amide bonds. The van der Waals surface area contributed by atoms with E-state index in [2.05, 4.69) is 0 Å². The Morgan fingerprint density at radius 2 is 1.53 bits per heavy atom. The Morgan fingerprint density at radius 1 is 0.941 bits per heavy atom. The van der Waals surface area contributed by atoms with E-state index in [-0.39, 0.29) is 10.8 Å². The van der Waals surface area contributed by atoms with Crippen LogP contribution in [0.1, 0.15) is 89.0 Å². The molecule has 0 saturated heterocycles. The van der Waals surface area contributed by atoms with Gasteiger partial charge in [0.05, 0.1) is 4.90 Å². The van der Waals surface area contributed by atoms with Crippen LogP contribution in [0.2, 0.25) is 0 Å². The van der Waals surface area contributed by atoms with Gasteiger partial charge in [0.15, 0.2) is 5.96 Å². The summed E-state index contributed by atoms with van der Waals surface area (Å²) in [5, 5.41) is 5.19. The van der Waals surface area contributed by atoms with Gasteiger partial charge < -0.3 is 5.73 Å². The molecule has 188 valence electrons. The Kier molecular flexibility index (Phi) is 7.97. The second-order valence-corrected chi connectivity index (χ2v) is 12.2. The second-order valence-electron chi connectivity index (χ2n) is 10.6. The molecule has 4 rings (SSSR count). The lowest BCUT2D eigenvalue weighted by Gasteiger charge is -2.33. The molecule has 1 unspecified atom stereocenters. The summed E-state index contributed by atoms with van der Waals surface area (Å²) >= 11 is 0. The summed E-state index contributed by atoms with van der Waals surface area (Å²) in [6.45, 7) is 0.443. The standard InChI is InChI=1S/C26H40N4O3S/c27-25-29-26(19-22-9-5-2-6-10-22,17-15-20-7-3-1-4-8-20)24(31)30(25)18-16-21-11-13-23(14-12-21)34(28,32)33/h11-14,20,22H,1-10,15-19H2,(H2,27,29)(H2,28,32,33). The van der Waals surface area contributed by atoms with Crippen molar-refractivity contribution >= 4 is 21.9 Å². The number of sulfonamides is 1. The molecule has 3 aliphatic rings. The largest absolute Gasteiger partial charge is 0.369 e. The van der Waals surface area contributed by atoms with Gasteiger partial charge in [0.25, 0.3) is 5.91 Å². The third-order valence-corrected chi connectivity index (χ3v) is 9.10. The van der Waals surface area contributed by atoms with Crippen LogP contribution in [0.4, 0.5) is 0 Å². The SMILES string of the molecule is NC1=NC(CCC2CCCCC2)(CC2CCCCC2)C(=O)N1CCc1ccc(S(N)(=O)=O)cc1. The van der Waals surface area contributed by atoms with Crippen LogP contribution < -0.4 is 10.9 Å². The van der Waals surface area contributed by atoms with Gasteiger partial charge in [0, 0.05) is 6.54 Å². The number of benzene rings is 1. The van der Waals surface area contributed by atoms with Crippen molar-refractivity contribution in [2.24, 2.45) is 27.7 Å². The number of amides is 1. The van der Waals surface area contributed by atoms with Crippen LogP contribution in [-0.2, 0) is 21.2 Å². The number of nitrogens with two attached hydrogens (primary N) is 2. The lowest BCUT2D eigenvalue weighted by Crippen LogP contribution is -2.46. The van der Waals surface area contributed by atoms with Gasteiger partial charge in [-0.2, -0.15) is 0 Å². The summed E-state index contributed by atoms with van der Waals surface area (Å²) in [4.78, 5) is 20.5. The number of hydrogen-bond donors (Lipinski definition) is 2. The van der Waals surface area contributed by atoms with Gasteiger partial charge in [-0.25, -0.2) is 18.5 Å². The van der Waals surface area contributed by atoms with Gasteiger partial charge in [0.1, 0.15) is 5.54 Å². The van der Waals surface area contributed by atoms with Gasteiger partial charge in [-0.3, -0.25) is 9.69 Å². The summed E-state index contributed by atoms with van der Waals surface area (Å²) in [6.07, 6.45) is 15.9. The lowest BCUT2D eigenvalue weighted by molar-refractivity contribution is -0.132. The van der Waals surface area contributed by atoms with Gasteiger partial charge in [-0.15, -0.1) is 0 Å². The van der Waals surface area contributed by atoms with Crippen molar-refractivity contribution in [1.29, 1.82) is 0 Å². The highest BCUT2D eigenvalue weighted by atomic mass is 32.2. The van der Waals surface area contributed by atoms with Crippen LogP contribution in [0.25, 0.3) is 0 Å². The van der Waals surface area contributed by atoms with Crippen molar-refractivity contribution in [2.75, 3.05) is 6.54 Å². The second kappa shape index (κ2) is 10.8. The molecule has 1 aromatic rings. The van der Waals surface area contributed by atoms with Crippen molar-refractivity contribution < 1.29 is 13.2 Å². The average molecular weight is 489 g/mol. The highest BCUT2D eigenvalue weighted by Gasteiger charge is 2.48. The van der Waals surface area contributed by atoms with Crippen LogP contribution in [0, 0.1) is 11.8 Å². The fourth-order valence-electron chi connectivity index (χ4n) is 6.17. The fraction of sp³-hybridized carbons (Fsp3) is 0.692. The number of nitrogens with zero attached hydrogens (tertiary/aromatic N) is 2. The Balaban J connectivity index is 1.45. The molecule has 2 fully saturated rings. The molecule has 1 aliphatic heterocycles. The molecular weight excluding hydrogens is 448 g/mol. The number of rotatable bonds is 9. The molecule has 1 heterocycles. The molecule has 1 atom stereocenters. The van der Waals surface area contributed by atoms with E-state index in [4.69, 9.17) is 15.9 Å². The third-order valence-electron chi connectivity index (χ3n) is 8.17. The van der Waals surface area contributed by atoms with Crippen molar-refractivity contribution in [3.63, 3.8) is 0 Å². The zero-order valence-electron chi connectivity index (χ0n) is 20.3. The van der Waals surface area contributed by atoms with E-state index in [1.807, 2.05) is 0 Å². The number of carbonyl (C=O) groups excluding carboxylic acids is 1. The number of guanidine groups is 1. The minimum absolute atomic E-state index is 0.0625. The zero-order chi connectivity index (χ0) is 24.2. The van der Waals surface area contributed by atoms with Crippen molar-refractivity contribution in [3.05, 3.63) is 29.8 Å². The van der Waals surface area contributed by atoms with E-state index in [9.17, 15) is 13.2 Å². The molecule has 7 nitrogen and oxygen atoms in total. The first-order valence-corrected chi connectivity index (χ1v) is 14.6. The lowest BCUT2D eigenvalue weighted by atomic mass is 9.75. The van der Waals surface area contributed by atoms with Crippen molar-refractivity contribution in [2.45, 2.75) is 100 Å². The highest BCUT2D eigenvalue weighted by Crippen LogP contribution is 2.40. The van der Waals surface area contributed by atoms with E-state index < -0.39 is 15.6 Å². The Bertz CT molecular complexity index is 980. The number of primary sulfonamides is 1. The molecular formula is C26H40N4O3S. The average Bonchev–Trinajstić information content (AvgIpc) is 3.06. The molecule has 2 saturated carbocycles. The Morgan fingerprint density at radius 3 is 2.12 bits per heavy atom. The maximum atomic E-state index is 13.8. The topological polar surface area (TPSA) is 119 Å². The monoisotopic (exact) mass is 488 g/mol. The molecule has 34 heavy (non-hydrogen) atoms. The minimum Gasteiger partial charge on any atom is -0.369 e. The van der Waals surface area contributed by atoms with Gasteiger partial charge in [-0.05, 0) is 55.2 Å². The number of carbonyl (C=O) groups is 1. The molecule has 1 aromatic carbocycles. The molecule has 0 bridgehead atoms. The highest BCUT2D eigenvalue weighted by molar-refractivity contribution is 7.89. The zero-order valence-corrected chi connectivity index (χ0v) is 21.1. The van der Waals surface area contributed by atoms with Crippen molar-refractivity contribution in [3.8, 4) is 0 Å². The molecule has 0 radical (unpaired) electrons. The summed E-state index contributed by atoms with van der Waals surface area (Å²) in [5.41, 5.74) is 6.59. The maximum absolute atomic E-state index is 13.8. The van der Waals surface area contributed by atoms with Crippen LogP contribution >= 0.6 is 0 Å². The molecule has 8 heteroatoms. The van der Waals surface area contributed by atoms with E-state index in [0.717, 1.165) is 24.8 Å². The minimum atomic E-state index is -3.72. The smallest absolute Gasteiger partial charge is 0.257 e. The summed E-state index contributed by atoms with van der Waals surface area (Å²) in [6, 6.07) is 6.49. The van der Waals surface area contributed by atoms with Crippen LogP contribution in [0.5, 0.6) is 0 Å². The van der Waals surface area contributed by atoms with E-state index in [0.29, 0.717) is 30.8 Å².